The summed E-state index contributed by atoms with van der Waals surface area (Å²) < 4.78 is 31.2. The Hall–Kier alpha value is -1.77. The SMILES string of the molecule is C/C=C/c1cn([C@@H]2O[C@H](COC)C(OC)[C@@H]2F)c(=O)[nH]c1=O. The fraction of sp³-hybridized carbons (Fsp3) is 0.571. The summed E-state index contributed by atoms with van der Waals surface area (Å²) in [4.78, 5) is 25.8. The van der Waals surface area contributed by atoms with E-state index >= 15 is 0 Å². The Morgan fingerprint density at radius 1 is 1.45 bits per heavy atom. The molecule has 1 fully saturated rings. The topological polar surface area (TPSA) is 82.6 Å². The van der Waals surface area contributed by atoms with Crippen LogP contribution in [0.15, 0.2) is 21.9 Å². The first kappa shape index (κ1) is 16.6. The summed E-state index contributed by atoms with van der Waals surface area (Å²) in [6, 6.07) is 0. The smallest absolute Gasteiger partial charge is 0.330 e. The molecular formula is C14H19FN2O5. The highest BCUT2D eigenvalue weighted by Gasteiger charge is 2.46. The molecule has 1 aromatic rings. The molecule has 1 saturated heterocycles. The Labute approximate surface area is 126 Å². The van der Waals surface area contributed by atoms with Crippen LogP contribution < -0.4 is 11.2 Å². The molecule has 1 aromatic heterocycles. The fourth-order valence-electron chi connectivity index (χ4n) is 2.49. The maximum atomic E-state index is 14.5. The zero-order valence-electron chi connectivity index (χ0n) is 12.6. The van der Waals surface area contributed by atoms with Gasteiger partial charge in [0, 0.05) is 20.4 Å². The van der Waals surface area contributed by atoms with Gasteiger partial charge in [0.2, 0.25) is 0 Å². The van der Waals surface area contributed by atoms with Crippen LogP contribution in [0, 0.1) is 0 Å². The number of nitrogens with zero attached hydrogens (tertiary/aromatic N) is 1. The minimum atomic E-state index is -1.56. The van der Waals surface area contributed by atoms with Crippen LogP contribution in [0.3, 0.4) is 0 Å². The largest absolute Gasteiger partial charge is 0.382 e. The average molecular weight is 314 g/mol. The van der Waals surface area contributed by atoms with Crippen molar-refractivity contribution in [3.8, 4) is 0 Å². The van der Waals surface area contributed by atoms with Crippen molar-refractivity contribution in [2.45, 2.75) is 31.5 Å². The number of halogens is 1. The van der Waals surface area contributed by atoms with Crippen LogP contribution in [0.5, 0.6) is 0 Å². The van der Waals surface area contributed by atoms with E-state index in [9.17, 15) is 14.0 Å². The van der Waals surface area contributed by atoms with Gasteiger partial charge >= 0.3 is 5.69 Å². The summed E-state index contributed by atoms with van der Waals surface area (Å²) in [5.41, 5.74) is -1.04. The van der Waals surface area contributed by atoms with Gasteiger partial charge in [-0.25, -0.2) is 9.18 Å². The average Bonchev–Trinajstić information content (AvgIpc) is 2.78. The van der Waals surface area contributed by atoms with Gasteiger partial charge in [-0.2, -0.15) is 0 Å². The van der Waals surface area contributed by atoms with Gasteiger partial charge in [0.05, 0.1) is 12.2 Å². The second-order valence-electron chi connectivity index (χ2n) is 4.92. The zero-order valence-corrected chi connectivity index (χ0v) is 12.6. The molecule has 1 aliphatic heterocycles. The van der Waals surface area contributed by atoms with E-state index < -0.39 is 35.9 Å². The molecule has 0 aromatic carbocycles. The van der Waals surface area contributed by atoms with Gasteiger partial charge in [-0.3, -0.25) is 14.3 Å². The van der Waals surface area contributed by atoms with Crippen LogP contribution in [-0.4, -0.2) is 48.8 Å². The van der Waals surface area contributed by atoms with Crippen molar-refractivity contribution in [1.82, 2.24) is 9.55 Å². The number of hydrogen-bond acceptors (Lipinski definition) is 5. The van der Waals surface area contributed by atoms with E-state index in [0.717, 1.165) is 4.57 Å². The highest BCUT2D eigenvalue weighted by molar-refractivity contribution is 5.45. The van der Waals surface area contributed by atoms with E-state index in [4.69, 9.17) is 14.2 Å². The van der Waals surface area contributed by atoms with E-state index in [1.807, 2.05) is 0 Å². The van der Waals surface area contributed by atoms with Crippen molar-refractivity contribution >= 4 is 6.08 Å². The molecule has 22 heavy (non-hydrogen) atoms. The van der Waals surface area contributed by atoms with Gasteiger partial charge in [0.25, 0.3) is 5.56 Å². The van der Waals surface area contributed by atoms with Crippen LogP contribution in [0.2, 0.25) is 0 Å². The molecule has 4 atom stereocenters. The fourth-order valence-corrected chi connectivity index (χ4v) is 2.49. The van der Waals surface area contributed by atoms with Gasteiger partial charge in [-0.15, -0.1) is 0 Å². The maximum Gasteiger partial charge on any atom is 0.330 e. The van der Waals surface area contributed by atoms with Gasteiger partial charge in [0.15, 0.2) is 12.4 Å². The number of H-pyrrole nitrogens is 1. The van der Waals surface area contributed by atoms with Gasteiger partial charge in [0.1, 0.15) is 12.2 Å². The highest BCUT2D eigenvalue weighted by atomic mass is 19.1. The molecule has 1 unspecified atom stereocenters. The Bertz CT molecular complexity index is 653. The molecule has 2 heterocycles. The van der Waals surface area contributed by atoms with Gasteiger partial charge in [-0.1, -0.05) is 12.2 Å². The third-order valence-corrected chi connectivity index (χ3v) is 3.49. The first-order valence-electron chi connectivity index (χ1n) is 6.83. The van der Waals surface area contributed by atoms with Crippen LogP contribution in [0.25, 0.3) is 6.08 Å². The third kappa shape index (κ3) is 3.03. The molecule has 0 spiro atoms. The van der Waals surface area contributed by atoms with Gasteiger partial charge in [-0.05, 0) is 6.92 Å². The molecule has 0 radical (unpaired) electrons. The summed E-state index contributed by atoms with van der Waals surface area (Å²) in [6.07, 6.45) is 0.212. The Kier molecular flexibility index (Phi) is 5.28. The Morgan fingerprint density at radius 3 is 2.77 bits per heavy atom. The molecule has 7 nitrogen and oxygen atoms in total. The van der Waals surface area contributed by atoms with E-state index in [-0.39, 0.29) is 12.2 Å². The molecule has 0 bridgehead atoms. The van der Waals surface area contributed by atoms with Crippen LogP contribution in [-0.2, 0) is 14.2 Å². The van der Waals surface area contributed by atoms with Crippen molar-refractivity contribution in [2.75, 3.05) is 20.8 Å². The molecule has 8 heteroatoms. The number of nitrogens with one attached hydrogen (secondary N) is 1. The zero-order chi connectivity index (χ0) is 16.3. The summed E-state index contributed by atoms with van der Waals surface area (Å²) in [7, 11) is 2.83. The van der Waals surface area contributed by atoms with Crippen LogP contribution in [0.1, 0.15) is 18.7 Å². The number of alkyl halides is 1. The van der Waals surface area contributed by atoms with E-state index in [1.54, 1.807) is 13.0 Å². The molecular weight excluding hydrogens is 295 g/mol. The maximum absolute atomic E-state index is 14.5. The number of aromatic amines is 1. The van der Waals surface area contributed by atoms with Crippen LogP contribution >= 0.6 is 0 Å². The second kappa shape index (κ2) is 6.99. The molecule has 0 aliphatic carbocycles. The first-order valence-corrected chi connectivity index (χ1v) is 6.83. The van der Waals surface area contributed by atoms with E-state index in [1.165, 1.54) is 26.5 Å². The molecule has 122 valence electrons. The summed E-state index contributed by atoms with van der Waals surface area (Å²) >= 11 is 0. The number of methoxy groups -OCH3 is 2. The predicted octanol–water partition coefficient (Wildman–Crippen LogP) is 0.467. The quantitative estimate of drug-likeness (QED) is 0.854. The lowest BCUT2D eigenvalue weighted by atomic mass is 10.1. The molecule has 2 rings (SSSR count). The van der Waals surface area contributed by atoms with Gasteiger partial charge < -0.3 is 14.2 Å². The van der Waals surface area contributed by atoms with Crippen molar-refractivity contribution in [2.24, 2.45) is 0 Å². The lowest BCUT2D eigenvalue weighted by molar-refractivity contribution is -0.0625. The van der Waals surface area contributed by atoms with Crippen molar-refractivity contribution in [1.29, 1.82) is 0 Å². The van der Waals surface area contributed by atoms with Crippen molar-refractivity contribution in [3.05, 3.63) is 38.7 Å². The monoisotopic (exact) mass is 314 g/mol. The Balaban J connectivity index is 2.41. The summed E-state index contributed by atoms with van der Waals surface area (Å²) in [6.45, 7) is 1.86. The van der Waals surface area contributed by atoms with Crippen molar-refractivity contribution < 1.29 is 18.6 Å². The normalized spacial score (nSPS) is 28.5. The minimum absolute atomic E-state index is 0.134. The van der Waals surface area contributed by atoms with E-state index in [0.29, 0.717) is 0 Å². The number of rotatable bonds is 5. The summed E-state index contributed by atoms with van der Waals surface area (Å²) in [5.74, 6) is 0. The van der Waals surface area contributed by atoms with E-state index in [2.05, 4.69) is 4.98 Å². The van der Waals surface area contributed by atoms with Crippen molar-refractivity contribution in [3.63, 3.8) is 0 Å². The Morgan fingerprint density at radius 2 is 2.18 bits per heavy atom. The number of allylic oxidation sites excluding steroid dienone is 1. The molecule has 1 N–H and O–H groups in total. The third-order valence-electron chi connectivity index (χ3n) is 3.49. The second-order valence-corrected chi connectivity index (χ2v) is 4.92. The molecule has 0 saturated carbocycles. The standard InChI is InChI=1S/C14H19FN2O5/c1-4-5-8-6-17(14(19)16-12(8)18)13-10(15)11(21-3)9(22-13)7-20-2/h4-6,9-11,13H,7H2,1-3H3,(H,16,18,19)/b5-4+/t9-,10+,11?,13-/m1/s1. The molecule has 1 aliphatic rings. The molecule has 0 amide bonds. The number of aromatic nitrogens is 2. The lowest BCUT2D eigenvalue weighted by Crippen LogP contribution is -2.37. The lowest BCUT2D eigenvalue weighted by Gasteiger charge is -2.16. The number of ether oxygens (including phenoxy) is 3. The highest BCUT2D eigenvalue weighted by Crippen LogP contribution is 2.32. The van der Waals surface area contributed by atoms with Crippen LogP contribution in [0.4, 0.5) is 4.39 Å². The minimum Gasteiger partial charge on any atom is -0.382 e. The number of hydrogen-bond donors (Lipinski definition) is 1. The predicted molar refractivity (Wildman–Crippen MR) is 77.5 cm³/mol. The summed E-state index contributed by atoms with van der Waals surface area (Å²) in [5, 5.41) is 0. The first-order chi connectivity index (χ1) is 10.5.